The fourth-order valence-electron chi connectivity index (χ4n) is 3.60. The molecule has 1 aliphatic rings. The van der Waals surface area contributed by atoms with E-state index in [1.165, 1.54) is 24.7 Å². The monoisotopic (exact) mass is 471 g/mol. The first-order valence-electron chi connectivity index (χ1n) is 10.5. The molecule has 0 bridgehead atoms. The van der Waals surface area contributed by atoms with Crippen LogP contribution in [0.2, 0.25) is 0 Å². The van der Waals surface area contributed by atoms with E-state index in [1.54, 1.807) is 0 Å². The Morgan fingerprint density at radius 3 is 2.76 bits per heavy atom. The molecule has 13 heteroatoms. The molecule has 0 saturated carbocycles. The number of azide groups is 1. The molecule has 13 nitrogen and oxygen atoms in total. The highest BCUT2D eigenvalue weighted by molar-refractivity contribution is 5.85. The number of ether oxygens (including phenoxy) is 2. The number of nitrogens with zero attached hydrogens (tertiary/aromatic N) is 4. The van der Waals surface area contributed by atoms with Gasteiger partial charge in [0.2, 0.25) is 5.91 Å². The van der Waals surface area contributed by atoms with Crippen LogP contribution in [0.15, 0.2) is 51.2 Å². The number of aromatic nitrogens is 2. The first-order valence-corrected chi connectivity index (χ1v) is 10.5. The fourth-order valence-corrected chi connectivity index (χ4v) is 3.60. The Kier molecular flexibility index (Phi) is 8.06. The van der Waals surface area contributed by atoms with Crippen molar-refractivity contribution >= 4 is 12.0 Å². The summed E-state index contributed by atoms with van der Waals surface area (Å²) in [5.41, 5.74) is 8.86. The van der Waals surface area contributed by atoms with E-state index in [4.69, 9.17) is 15.0 Å². The molecule has 1 aromatic carbocycles. The Bertz CT molecular complexity index is 1190. The third-order valence-corrected chi connectivity index (χ3v) is 5.38. The van der Waals surface area contributed by atoms with E-state index in [1.807, 2.05) is 30.3 Å². The third kappa shape index (κ3) is 6.03. The zero-order chi connectivity index (χ0) is 24.7. The standard InChI is InChI=1S/C21H25N7O6/c1-12-10-28(20(31)25-18(12)29)17-9-14(26-27-22)16(34-17)11-33-21(32)24-15(19(30)23-2)8-13-6-4-3-5-7-13/h3-7,10,14-17H,8-9,11H2,1-2H3,(H,23,30)(H,24,32)(H,25,29,31)/t14?,15-,16?,17?/m0/s1. The van der Waals surface area contributed by atoms with Gasteiger partial charge in [0.1, 0.15) is 25.0 Å². The molecule has 3 rings (SSSR count). The SMILES string of the molecule is CNC(=O)[C@H](Cc1ccccc1)NC(=O)OCC1OC(n2cc(C)c(=O)[nH]c2=O)CC1N=[N+]=[N-]. The quantitative estimate of drug-likeness (QED) is 0.292. The molecule has 1 aliphatic heterocycles. The van der Waals surface area contributed by atoms with Crippen molar-refractivity contribution in [2.45, 2.75) is 44.2 Å². The molecule has 1 aromatic heterocycles. The first kappa shape index (κ1) is 24.6. The van der Waals surface area contributed by atoms with Crippen LogP contribution in [0.1, 0.15) is 23.8 Å². The summed E-state index contributed by atoms with van der Waals surface area (Å²) in [4.78, 5) is 53.4. The number of nitrogens with one attached hydrogen (secondary N) is 3. The zero-order valence-corrected chi connectivity index (χ0v) is 18.6. The van der Waals surface area contributed by atoms with Crippen LogP contribution < -0.4 is 21.9 Å². The van der Waals surface area contributed by atoms with Crippen molar-refractivity contribution in [3.63, 3.8) is 0 Å². The predicted molar refractivity (Wildman–Crippen MR) is 120 cm³/mol. The van der Waals surface area contributed by atoms with Crippen molar-refractivity contribution in [2.75, 3.05) is 13.7 Å². The van der Waals surface area contributed by atoms with E-state index in [0.717, 1.165) is 5.56 Å². The van der Waals surface area contributed by atoms with Gasteiger partial charge in [-0.3, -0.25) is 19.1 Å². The van der Waals surface area contributed by atoms with Gasteiger partial charge in [-0.05, 0) is 18.0 Å². The molecule has 4 atom stereocenters. The Labute approximate surface area is 193 Å². The van der Waals surface area contributed by atoms with Crippen LogP contribution in [0, 0.1) is 6.92 Å². The van der Waals surface area contributed by atoms with Gasteiger partial charge in [-0.25, -0.2) is 9.59 Å². The van der Waals surface area contributed by atoms with Gasteiger partial charge in [-0.2, -0.15) is 0 Å². The average Bonchev–Trinajstić information content (AvgIpc) is 3.22. The zero-order valence-electron chi connectivity index (χ0n) is 18.6. The normalized spacial score (nSPS) is 20.1. The highest BCUT2D eigenvalue weighted by atomic mass is 16.6. The number of carbonyl (C=O) groups is 2. The molecular formula is C21H25N7O6. The molecule has 2 heterocycles. The first-order chi connectivity index (χ1) is 16.3. The van der Waals surface area contributed by atoms with E-state index in [2.05, 4.69) is 25.6 Å². The number of likely N-dealkylation sites (N-methyl/N-ethyl adjacent to an activating group) is 1. The number of H-pyrrole nitrogens is 1. The number of alkyl carbamates (subject to hydrolysis) is 1. The number of rotatable bonds is 8. The number of hydrogen-bond acceptors (Lipinski definition) is 7. The van der Waals surface area contributed by atoms with Gasteiger partial charge >= 0.3 is 11.8 Å². The summed E-state index contributed by atoms with van der Waals surface area (Å²) in [5, 5.41) is 8.71. The van der Waals surface area contributed by atoms with Gasteiger partial charge in [0.15, 0.2) is 0 Å². The lowest BCUT2D eigenvalue weighted by molar-refractivity contribution is -0.122. The number of amides is 2. The van der Waals surface area contributed by atoms with Crippen LogP contribution >= 0.6 is 0 Å². The molecule has 3 unspecified atom stereocenters. The largest absolute Gasteiger partial charge is 0.447 e. The third-order valence-electron chi connectivity index (χ3n) is 5.38. The molecule has 180 valence electrons. The lowest BCUT2D eigenvalue weighted by atomic mass is 10.1. The molecule has 0 aliphatic carbocycles. The van der Waals surface area contributed by atoms with Crippen molar-refractivity contribution < 1.29 is 19.1 Å². The summed E-state index contributed by atoms with van der Waals surface area (Å²) in [5.74, 6) is -0.391. The highest BCUT2D eigenvalue weighted by Crippen LogP contribution is 2.30. The number of aryl methyl sites for hydroxylation is 1. The van der Waals surface area contributed by atoms with Crippen LogP contribution in [0.3, 0.4) is 0 Å². The highest BCUT2D eigenvalue weighted by Gasteiger charge is 2.37. The maximum Gasteiger partial charge on any atom is 0.407 e. The lowest BCUT2D eigenvalue weighted by Crippen LogP contribution is -2.47. The second-order valence-electron chi connectivity index (χ2n) is 7.72. The van der Waals surface area contributed by atoms with Gasteiger partial charge in [-0.15, -0.1) is 0 Å². The fraction of sp³-hybridized carbons (Fsp3) is 0.429. The Hall–Kier alpha value is -4.09. The maximum atomic E-state index is 12.4. The second-order valence-corrected chi connectivity index (χ2v) is 7.72. The van der Waals surface area contributed by atoms with Gasteiger partial charge < -0.3 is 20.1 Å². The summed E-state index contributed by atoms with van der Waals surface area (Å²) >= 11 is 0. The Morgan fingerprint density at radius 1 is 1.35 bits per heavy atom. The predicted octanol–water partition coefficient (Wildman–Crippen LogP) is 0.895. The summed E-state index contributed by atoms with van der Waals surface area (Å²) in [6.45, 7) is 1.26. The minimum atomic E-state index is -0.868. The van der Waals surface area contributed by atoms with E-state index in [-0.39, 0.29) is 19.4 Å². The summed E-state index contributed by atoms with van der Waals surface area (Å²) in [7, 11) is 1.46. The minimum Gasteiger partial charge on any atom is -0.447 e. The molecule has 1 fully saturated rings. The number of benzene rings is 1. The van der Waals surface area contributed by atoms with Crippen molar-refractivity contribution in [3.8, 4) is 0 Å². The van der Waals surface area contributed by atoms with E-state index in [9.17, 15) is 19.2 Å². The number of aromatic amines is 1. The Morgan fingerprint density at radius 2 is 2.09 bits per heavy atom. The van der Waals surface area contributed by atoms with Crippen molar-refractivity contribution in [2.24, 2.45) is 5.11 Å². The van der Waals surface area contributed by atoms with Crippen LogP contribution in [0.25, 0.3) is 10.4 Å². The smallest absolute Gasteiger partial charge is 0.407 e. The number of carbonyl (C=O) groups excluding carboxylic acids is 2. The molecule has 3 N–H and O–H groups in total. The minimum absolute atomic E-state index is 0.139. The van der Waals surface area contributed by atoms with Gasteiger partial charge in [-0.1, -0.05) is 35.4 Å². The van der Waals surface area contributed by atoms with E-state index >= 15 is 0 Å². The average molecular weight is 471 g/mol. The summed E-state index contributed by atoms with van der Waals surface area (Å²) in [6, 6.07) is 7.58. The lowest BCUT2D eigenvalue weighted by Gasteiger charge is -2.19. The van der Waals surface area contributed by atoms with E-state index in [0.29, 0.717) is 5.56 Å². The maximum absolute atomic E-state index is 12.4. The van der Waals surface area contributed by atoms with Crippen LogP contribution in [-0.2, 0) is 20.7 Å². The van der Waals surface area contributed by atoms with Gasteiger partial charge in [0, 0.05) is 36.6 Å². The van der Waals surface area contributed by atoms with E-state index < -0.39 is 47.7 Å². The van der Waals surface area contributed by atoms with Gasteiger partial charge in [0.05, 0.1) is 6.04 Å². The van der Waals surface area contributed by atoms with Crippen molar-refractivity contribution in [1.29, 1.82) is 0 Å². The van der Waals surface area contributed by atoms with Crippen LogP contribution in [-0.4, -0.2) is 53.4 Å². The Balaban J connectivity index is 1.65. The second kappa shape index (κ2) is 11.2. The molecule has 1 saturated heterocycles. The van der Waals surface area contributed by atoms with Crippen molar-refractivity contribution in [3.05, 3.63) is 78.9 Å². The molecule has 0 radical (unpaired) electrons. The van der Waals surface area contributed by atoms with Crippen LogP contribution in [0.5, 0.6) is 0 Å². The molecular weight excluding hydrogens is 446 g/mol. The molecule has 0 spiro atoms. The topological polar surface area (TPSA) is 180 Å². The molecule has 2 amide bonds. The number of hydrogen-bond donors (Lipinski definition) is 3. The van der Waals surface area contributed by atoms with Gasteiger partial charge in [0.25, 0.3) is 5.56 Å². The summed E-state index contributed by atoms with van der Waals surface area (Å²) in [6.07, 6.45) is -0.765. The molecule has 2 aromatic rings. The van der Waals surface area contributed by atoms with Crippen LogP contribution in [0.4, 0.5) is 4.79 Å². The molecule has 34 heavy (non-hydrogen) atoms. The van der Waals surface area contributed by atoms with Crippen molar-refractivity contribution in [1.82, 2.24) is 20.2 Å². The summed E-state index contributed by atoms with van der Waals surface area (Å²) < 4.78 is 12.2.